The molecule has 0 spiro atoms. The van der Waals surface area contributed by atoms with Crippen molar-refractivity contribution in [1.29, 1.82) is 0 Å². The largest absolute Gasteiger partial charge is 0.357 e. The normalized spacial score (nSPS) is 21.0. The van der Waals surface area contributed by atoms with Crippen LogP contribution in [0.4, 0.5) is 0 Å². The second-order valence-electron chi connectivity index (χ2n) is 7.97. The number of piperidine rings is 1. The molecule has 1 atom stereocenters. The van der Waals surface area contributed by atoms with Gasteiger partial charge in [-0.1, -0.05) is 26.3 Å². The molecule has 1 saturated heterocycles. The number of nitrogens with one attached hydrogen (secondary N) is 1. The molecule has 0 bridgehead atoms. The minimum atomic E-state index is 0.420. The van der Waals surface area contributed by atoms with Gasteiger partial charge in [-0.05, 0) is 50.2 Å². The Labute approximate surface area is 163 Å². The first-order chi connectivity index (χ1) is 13.1. The fourth-order valence-electron chi connectivity index (χ4n) is 4.21. The van der Waals surface area contributed by atoms with Crippen LogP contribution in [0.25, 0.3) is 5.65 Å². The zero-order valence-electron chi connectivity index (χ0n) is 17.1. The van der Waals surface area contributed by atoms with Crippen LogP contribution in [0.3, 0.4) is 0 Å². The highest BCUT2D eigenvalue weighted by atomic mass is 15.3. The summed E-state index contributed by atoms with van der Waals surface area (Å²) >= 11 is 0. The first-order valence-corrected chi connectivity index (χ1v) is 10.5. The minimum Gasteiger partial charge on any atom is -0.357 e. The molecular formula is C21H34N6. The molecular weight excluding hydrogens is 336 g/mol. The number of aryl methyl sites for hydroxylation is 1. The molecule has 0 amide bonds. The van der Waals surface area contributed by atoms with E-state index in [9.17, 15) is 0 Å². The Bertz CT molecular complexity index is 748. The Kier molecular flexibility index (Phi) is 6.69. The number of nitrogens with zero attached hydrogens (tertiary/aromatic N) is 5. The van der Waals surface area contributed by atoms with Crippen LogP contribution in [-0.2, 0) is 6.42 Å². The van der Waals surface area contributed by atoms with Gasteiger partial charge in [0.25, 0.3) is 0 Å². The van der Waals surface area contributed by atoms with E-state index >= 15 is 0 Å². The van der Waals surface area contributed by atoms with Crippen molar-refractivity contribution in [3.05, 3.63) is 30.2 Å². The first kappa shape index (κ1) is 19.6. The van der Waals surface area contributed by atoms with Crippen molar-refractivity contribution in [2.75, 3.05) is 26.2 Å². The van der Waals surface area contributed by atoms with Gasteiger partial charge in [0.2, 0.25) is 0 Å². The van der Waals surface area contributed by atoms with E-state index in [-0.39, 0.29) is 0 Å². The van der Waals surface area contributed by atoms with Gasteiger partial charge in [-0.3, -0.25) is 9.39 Å². The highest BCUT2D eigenvalue weighted by Gasteiger charge is 2.31. The summed E-state index contributed by atoms with van der Waals surface area (Å²) < 4.78 is 2.07. The lowest BCUT2D eigenvalue weighted by Crippen LogP contribution is -2.49. The molecule has 1 aliphatic rings. The second-order valence-corrected chi connectivity index (χ2v) is 7.97. The molecule has 6 heteroatoms. The van der Waals surface area contributed by atoms with E-state index in [0.717, 1.165) is 56.5 Å². The fraction of sp³-hybridized carbons (Fsp3) is 0.667. The van der Waals surface area contributed by atoms with E-state index in [1.165, 1.54) is 25.7 Å². The monoisotopic (exact) mass is 370 g/mol. The Morgan fingerprint density at radius 3 is 3.00 bits per heavy atom. The van der Waals surface area contributed by atoms with Crippen LogP contribution in [0.1, 0.15) is 58.7 Å². The average Bonchev–Trinajstić information content (AvgIpc) is 3.07. The van der Waals surface area contributed by atoms with E-state index < -0.39 is 0 Å². The van der Waals surface area contributed by atoms with E-state index in [4.69, 9.17) is 4.99 Å². The molecule has 0 aliphatic carbocycles. The Balaban J connectivity index is 1.58. The molecule has 148 valence electrons. The predicted molar refractivity (Wildman–Crippen MR) is 111 cm³/mol. The van der Waals surface area contributed by atoms with E-state index in [1.54, 1.807) is 0 Å². The molecule has 1 unspecified atom stereocenters. The van der Waals surface area contributed by atoms with Crippen LogP contribution < -0.4 is 5.32 Å². The van der Waals surface area contributed by atoms with E-state index in [1.807, 2.05) is 24.4 Å². The third-order valence-corrected chi connectivity index (χ3v) is 5.47. The van der Waals surface area contributed by atoms with Gasteiger partial charge in [0.1, 0.15) is 5.82 Å². The van der Waals surface area contributed by atoms with Gasteiger partial charge in [-0.15, -0.1) is 10.2 Å². The summed E-state index contributed by atoms with van der Waals surface area (Å²) in [4.78, 5) is 7.38. The number of aromatic nitrogens is 3. The molecule has 2 aromatic heterocycles. The Morgan fingerprint density at radius 2 is 2.19 bits per heavy atom. The van der Waals surface area contributed by atoms with Crippen LogP contribution in [-0.4, -0.2) is 51.6 Å². The molecule has 1 fully saturated rings. The topological polar surface area (TPSA) is 57.8 Å². The number of rotatable bonds is 7. The summed E-state index contributed by atoms with van der Waals surface area (Å²) in [6, 6.07) is 6.00. The maximum Gasteiger partial charge on any atom is 0.193 e. The van der Waals surface area contributed by atoms with Crippen molar-refractivity contribution in [3.8, 4) is 0 Å². The van der Waals surface area contributed by atoms with Crippen molar-refractivity contribution in [3.63, 3.8) is 0 Å². The number of pyridine rings is 1. The smallest absolute Gasteiger partial charge is 0.193 e. The van der Waals surface area contributed by atoms with Crippen LogP contribution in [0.5, 0.6) is 0 Å². The summed E-state index contributed by atoms with van der Waals surface area (Å²) in [5.41, 5.74) is 1.33. The maximum atomic E-state index is 4.92. The molecule has 1 aliphatic heterocycles. The van der Waals surface area contributed by atoms with Crippen LogP contribution in [0.2, 0.25) is 0 Å². The maximum absolute atomic E-state index is 4.92. The van der Waals surface area contributed by atoms with Crippen molar-refractivity contribution in [1.82, 2.24) is 24.8 Å². The number of hydrogen-bond acceptors (Lipinski definition) is 3. The van der Waals surface area contributed by atoms with Crippen molar-refractivity contribution < 1.29 is 0 Å². The molecule has 6 nitrogen and oxygen atoms in total. The predicted octanol–water partition coefficient (Wildman–Crippen LogP) is 3.53. The summed E-state index contributed by atoms with van der Waals surface area (Å²) in [5.74, 6) is 2.09. The third kappa shape index (κ3) is 4.99. The zero-order chi connectivity index (χ0) is 19.1. The van der Waals surface area contributed by atoms with Gasteiger partial charge in [-0.25, -0.2) is 0 Å². The van der Waals surface area contributed by atoms with Gasteiger partial charge in [0.15, 0.2) is 11.6 Å². The molecule has 27 heavy (non-hydrogen) atoms. The number of fused-ring (bicyclic) bond motifs is 1. The van der Waals surface area contributed by atoms with Gasteiger partial charge in [0.05, 0.1) is 0 Å². The molecule has 0 saturated carbocycles. The molecule has 3 heterocycles. The van der Waals surface area contributed by atoms with Crippen LogP contribution >= 0.6 is 0 Å². The standard InChI is InChI=1S/C21H34N6/c1-4-12-21(3)13-9-15-26(17-21)20(22-5-2)23-14-8-11-19-25-24-18-10-6-7-16-27(18)19/h6-7,10,16H,4-5,8-9,11-15,17H2,1-3H3,(H,22,23). The summed E-state index contributed by atoms with van der Waals surface area (Å²) in [6.45, 7) is 10.8. The highest BCUT2D eigenvalue weighted by molar-refractivity contribution is 5.80. The molecule has 1 N–H and O–H groups in total. The molecule has 0 radical (unpaired) electrons. The Hall–Kier alpha value is -2.11. The lowest BCUT2D eigenvalue weighted by atomic mass is 9.78. The third-order valence-electron chi connectivity index (χ3n) is 5.47. The van der Waals surface area contributed by atoms with E-state index in [2.05, 4.69) is 45.6 Å². The molecule has 3 rings (SSSR count). The summed E-state index contributed by atoms with van der Waals surface area (Å²) in [7, 11) is 0. The van der Waals surface area contributed by atoms with Crippen LogP contribution in [0, 0.1) is 5.41 Å². The van der Waals surface area contributed by atoms with Gasteiger partial charge in [0, 0.05) is 38.8 Å². The number of aliphatic imine (C=N–C) groups is 1. The lowest BCUT2D eigenvalue weighted by molar-refractivity contribution is 0.142. The second kappa shape index (κ2) is 9.20. The quantitative estimate of drug-likeness (QED) is 0.460. The average molecular weight is 371 g/mol. The first-order valence-electron chi connectivity index (χ1n) is 10.5. The van der Waals surface area contributed by atoms with Crippen molar-refractivity contribution >= 4 is 11.6 Å². The SMILES string of the molecule is CCCC1(C)CCCN(C(=NCCCc2nnc3ccccn23)NCC)C1. The lowest BCUT2D eigenvalue weighted by Gasteiger charge is -2.42. The molecule has 2 aromatic rings. The number of likely N-dealkylation sites (tertiary alicyclic amines) is 1. The summed E-state index contributed by atoms with van der Waals surface area (Å²) in [6.07, 6.45) is 9.03. The van der Waals surface area contributed by atoms with E-state index in [0.29, 0.717) is 5.41 Å². The zero-order valence-corrected chi connectivity index (χ0v) is 17.1. The number of hydrogen-bond donors (Lipinski definition) is 1. The van der Waals surface area contributed by atoms with Gasteiger partial charge < -0.3 is 10.2 Å². The molecule has 0 aromatic carbocycles. The van der Waals surface area contributed by atoms with Crippen molar-refractivity contribution in [2.45, 2.75) is 59.3 Å². The number of guanidine groups is 1. The summed E-state index contributed by atoms with van der Waals surface area (Å²) in [5, 5.41) is 12.0. The van der Waals surface area contributed by atoms with Crippen LogP contribution in [0.15, 0.2) is 29.4 Å². The minimum absolute atomic E-state index is 0.420. The van der Waals surface area contributed by atoms with Gasteiger partial charge in [-0.2, -0.15) is 0 Å². The van der Waals surface area contributed by atoms with Crippen molar-refractivity contribution in [2.24, 2.45) is 10.4 Å². The fourth-order valence-corrected chi connectivity index (χ4v) is 4.21. The van der Waals surface area contributed by atoms with Gasteiger partial charge >= 0.3 is 0 Å². The Morgan fingerprint density at radius 1 is 1.30 bits per heavy atom. The highest BCUT2D eigenvalue weighted by Crippen LogP contribution is 2.33.